The summed E-state index contributed by atoms with van der Waals surface area (Å²) in [5.74, 6) is -0.467. The van der Waals surface area contributed by atoms with E-state index in [4.69, 9.17) is 10.00 Å². The molecule has 18 heavy (non-hydrogen) atoms. The zero-order chi connectivity index (χ0) is 13.0. The van der Waals surface area contributed by atoms with Crippen molar-refractivity contribution in [1.29, 1.82) is 5.26 Å². The maximum absolute atomic E-state index is 13.2. The summed E-state index contributed by atoms with van der Waals surface area (Å²) in [7, 11) is 1.75. The highest BCUT2D eigenvalue weighted by Gasteiger charge is 2.20. The van der Waals surface area contributed by atoms with Gasteiger partial charge in [-0.05, 0) is 43.9 Å². The van der Waals surface area contributed by atoms with Gasteiger partial charge in [0.05, 0.1) is 11.7 Å². The highest BCUT2D eigenvalue weighted by Crippen LogP contribution is 2.24. The summed E-state index contributed by atoms with van der Waals surface area (Å²) in [5.41, 5.74) is 0.902. The number of hydrogen-bond donors (Lipinski definition) is 1. The number of ether oxygens (including phenoxy) is 1. The van der Waals surface area contributed by atoms with Gasteiger partial charge in [0.1, 0.15) is 11.9 Å². The molecule has 1 aromatic carbocycles. The van der Waals surface area contributed by atoms with Gasteiger partial charge in [-0.2, -0.15) is 5.26 Å². The van der Waals surface area contributed by atoms with Crippen molar-refractivity contribution in [3.05, 3.63) is 29.6 Å². The molecule has 0 spiro atoms. The summed E-state index contributed by atoms with van der Waals surface area (Å²) in [4.78, 5) is 0. The lowest BCUT2D eigenvalue weighted by atomic mass is 9.93. The van der Waals surface area contributed by atoms with Crippen LogP contribution in [0, 0.1) is 17.1 Å². The standard InChI is InChI=1S/C14H17FN2O/c1-18-13-5-2-11(3-6-13)17-12-4-7-14(15)10(8-12)9-16/h4,7-8,11,13,17H,2-3,5-6H2,1H3. The SMILES string of the molecule is COC1CCC(Nc2ccc(F)c(C#N)c2)CC1. The van der Waals surface area contributed by atoms with E-state index in [0.717, 1.165) is 31.4 Å². The first kappa shape index (κ1) is 12.8. The van der Waals surface area contributed by atoms with Crippen LogP contribution in [0.2, 0.25) is 0 Å². The second kappa shape index (κ2) is 5.83. The number of benzene rings is 1. The lowest BCUT2D eigenvalue weighted by molar-refractivity contribution is 0.0682. The molecule has 1 aliphatic carbocycles. The van der Waals surface area contributed by atoms with Gasteiger partial charge in [0.15, 0.2) is 0 Å². The number of rotatable bonds is 3. The third-order valence-corrected chi connectivity index (χ3v) is 3.47. The molecule has 0 unspecified atom stereocenters. The van der Waals surface area contributed by atoms with Gasteiger partial charge in [-0.1, -0.05) is 0 Å². The molecule has 0 radical (unpaired) electrons. The van der Waals surface area contributed by atoms with E-state index in [-0.39, 0.29) is 5.56 Å². The summed E-state index contributed by atoms with van der Waals surface area (Å²) in [6, 6.07) is 6.82. The van der Waals surface area contributed by atoms with Crippen LogP contribution >= 0.6 is 0 Å². The average molecular weight is 248 g/mol. The summed E-state index contributed by atoms with van der Waals surface area (Å²) in [6.45, 7) is 0. The Morgan fingerprint density at radius 3 is 2.67 bits per heavy atom. The van der Waals surface area contributed by atoms with Crippen LogP contribution in [0.4, 0.5) is 10.1 Å². The van der Waals surface area contributed by atoms with Gasteiger partial charge in [0.25, 0.3) is 0 Å². The van der Waals surface area contributed by atoms with Gasteiger partial charge >= 0.3 is 0 Å². The highest BCUT2D eigenvalue weighted by atomic mass is 19.1. The van der Waals surface area contributed by atoms with Gasteiger partial charge in [0, 0.05) is 18.8 Å². The number of anilines is 1. The number of nitriles is 1. The Balaban J connectivity index is 1.96. The van der Waals surface area contributed by atoms with E-state index >= 15 is 0 Å². The van der Waals surface area contributed by atoms with Crippen LogP contribution in [0.3, 0.4) is 0 Å². The molecule has 0 saturated heterocycles. The molecule has 0 atom stereocenters. The number of halogens is 1. The Bertz CT molecular complexity index is 448. The third kappa shape index (κ3) is 2.99. The zero-order valence-electron chi connectivity index (χ0n) is 10.4. The van der Waals surface area contributed by atoms with Crippen LogP contribution in [-0.4, -0.2) is 19.3 Å². The molecule has 1 aliphatic rings. The van der Waals surface area contributed by atoms with Gasteiger partial charge in [-0.3, -0.25) is 0 Å². The van der Waals surface area contributed by atoms with Gasteiger partial charge in [-0.25, -0.2) is 4.39 Å². The van der Waals surface area contributed by atoms with Crippen LogP contribution < -0.4 is 5.32 Å². The Kier molecular flexibility index (Phi) is 4.16. The monoisotopic (exact) mass is 248 g/mol. The topological polar surface area (TPSA) is 45.0 Å². The molecule has 4 heteroatoms. The van der Waals surface area contributed by atoms with E-state index in [1.54, 1.807) is 19.2 Å². The van der Waals surface area contributed by atoms with Crippen molar-refractivity contribution in [2.75, 3.05) is 12.4 Å². The van der Waals surface area contributed by atoms with Crippen molar-refractivity contribution in [2.24, 2.45) is 0 Å². The quantitative estimate of drug-likeness (QED) is 0.894. The fraction of sp³-hybridized carbons (Fsp3) is 0.500. The Labute approximate surface area is 107 Å². The molecule has 1 N–H and O–H groups in total. The summed E-state index contributed by atoms with van der Waals surface area (Å²) < 4.78 is 18.5. The van der Waals surface area contributed by atoms with Crippen molar-refractivity contribution in [3.63, 3.8) is 0 Å². The van der Waals surface area contributed by atoms with E-state index in [1.165, 1.54) is 6.07 Å². The van der Waals surface area contributed by atoms with E-state index in [1.807, 2.05) is 6.07 Å². The first-order valence-corrected chi connectivity index (χ1v) is 6.22. The molecule has 0 bridgehead atoms. The molecule has 1 aromatic rings. The van der Waals surface area contributed by atoms with Gasteiger partial charge in [0.2, 0.25) is 0 Å². The fourth-order valence-electron chi connectivity index (χ4n) is 2.38. The van der Waals surface area contributed by atoms with Crippen molar-refractivity contribution in [3.8, 4) is 6.07 Å². The smallest absolute Gasteiger partial charge is 0.141 e. The lowest BCUT2D eigenvalue weighted by Gasteiger charge is -2.28. The first-order valence-electron chi connectivity index (χ1n) is 6.22. The van der Waals surface area contributed by atoms with Crippen LogP contribution in [-0.2, 0) is 4.74 Å². The highest BCUT2D eigenvalue weighted by molar-refractivity contribution is 5.50. The second-order valence-corrected chi connectivity index (χ2v) is 4.66. The molecule has 0 aromatic heterocycles. The number of hydrogen-bond acceptors (Lipinski definition) is 3. The maximum Gasteiger partial charge on any atom is 0.141 e. The van der Waals surface area contributed by atoms with Crippen LogP contribution in [0.1, 0.15) is 31.2 Å². The van der Waals surface area contributed by atoms with E-state index in [0.29, 0.717) is 12.1 Å². The number of nitrogens with zero attached hydrogens (tertiary/aromatic N) is 1. The predicted molar refractivity (Wildman–Crippen MR) is 67.8 cm³/mol. The largest absolute Gasteiger partial charge is 0.382 e. The molecule has 0 aliphatic heterocycles. The zero-order valence-corrected chi connectivity index (χ0v) is 10.4. The maximum atomic E-state index is 13.2. The molecule has 1 fully saturated rings. The number of nitrogens with one attached hydrogen (secondary N) is 1. The van der Waals surface area contributed by atoms with Gasteiger partial charge in [-0.15, -0.1) is 0 Å². The fourth-order valence-corrected chi connectivity index (χ4v) is 2.38. The van der Waals surface area contributed by atoms with Crippen LogP contribution in [0.25, 0.3) is 0 Å². The summed E-state index contributed by atoms with van der Waals surface area (Å²) >= 11 is 0. The minimum Gasteiger partial charge on any atom is -0.382 e. The minimum atomic E-state index is -0.467. The minimum absolute atomic E-state index is 0.0885. The molecule has 96 valence electrons. The molecular weight excluding hydrogens is 231 g/mol. The molecule has 2 rings (SSSR count). The Hall–Kier alpha value is -1.60. The average Bonchev–Trinajstić information content (AvgIpc) is 2.42. The molecule has 0 heterocycles. The lowest BCUT2D eigenvalue weighted by Crippen LogP contribution is -2.29. The molecular formula is C14H17FN2O. The summed E-state index contributed by atoms with van der Waals surface area (Å²) in [6.07, 6.45) is 4.53. The summed E-state index contributed by atoms with van der Waals surface area (Å²) in [5, 5.41) is 12.1. The van der Waals surface area contributed by atoms with Crippen molar-refractivity contribution >= 4 is 5.69 Å². The predicted octanol–water partition coefficient (Wildman–Crippen LogP) is 3.07. The van der Waals surface area contributed by atoms with Crippen molar-refractivity contribution in [2.45, 2.75) is 37.8 Å². The van der Waals surface area contributed by atoms with E-state index in [2.05, 4.69) is 5.32 Å². The second-order valence-electron chi connectivity index (χ2n) is 4.66. The number of methoxy groups -OCH3 is 1. The van der Waals surface area contributed by atoms with E-state index < -0.39 is 5.82 Å². The van der Waals surface area contributed by atoms with Crippen LogP contribution in [0.5, 0.6) is 0 Å². The Morgan fingerprint density at radius 2 is 2.06 bits per heavy atom. The molecule has 3 nitrogen and oxygen atoms in total. The van der Waals surface area contributed by atoms with Crippen molar-refractivity contribution < 1.29 is 9.13 Å². The van der Waals surface area contributed by atoms with Crippen LogP contribution in [0.15, 0.2) is 18.2 Å². The van der Waals surface area contributed by atoms with Crippen molar-refractivity contribution in [1.82, 2.24) is 0 Å². The third-order valence-electron chi connectivity index (χ3n) is 3.47. The molecule has 1 saturated carbocycles. The Morgan fingerprint density at radius 1 is 1.33 bits per heavy atom. The van der Waals surface area contributed by atoms with E-state index in [9.17, 15) is 4.39 Å². The molecule has 0 amide bonds. The first-order chi connectivity index (χ1) is 8.72. The normalized spacial score (nSPS) is 23.4. The van der Waals surface area contributed by atoms with Gasteiger partial charge < -0.3 is 10.1 Å².